The van der Waals surface area contributed by atoms with Crippen molar-refractivity contribution in [3.05, 3.63) is 29.3 Å². The number of ether oxygens (including phenoxy) is 1. The molecule has 1 saturated carbocycles. The molecule has 2 rings (SSSR count). The summed E-state index contributed by atoms with van der Waals surface area (Å²) in [5, 5.41) is 0. The lowest BCUT2D eigenvalue weighted by molar-refractivity contribution is 0.145. The number of nitrogens with two attached hydrogens (primary N) is 1. The van der Waals surface area contributed by atoms with E-state index in [0.717, 1.165) is 25.1 Å². The van der Waals surface area contributed by atoms with Gasteiger partial charge in [-0.3, -0.25) is 0 Å². The highest BCUT2D eigenvalue weighted by molar-refractivity contribution is 5.37. The molecule has 0 heterocycles. The molecule has 94 valence electrons. The Morgan fingerprint density at radius 1 is 1.35 bits per heavy atom. The van der Waals surface area contributed by atoms with E-state index in [1.165, 1.54) is 30.4 Å². The van der Waals surface area contributed by atoms with Crippen LogP contribution in [0, 0.1) is 5.41 Å². The van der Waals surface area contributed by atoms with Gasteiger partial charge in [-0.15, -0.1) is 0 Å². The smallest absolute Gasteiger partial charge is 0.122 e. The lowest BCUT2D eigenvalue weighted by Gasteiger charge is -2.41. The fourth-order valence-corrected chi connectivity index (χ4v) is 2.78. The minimum Gasteiger partial charge on any atom is -0.496 e. The Labute approximate surface area is 104 Å². The van der Waals surface area contributed by atoms with E-state index in [0.29, 0.717) is 5.41 Å². The van der Waals surface area contributed by atoms with Crippen LogP contribution in [0.3, 0.4) is 0 Å². The van der Waals surface area contributed by atoms with Gasteiger partial charge in [-0.25, -0.2) is 0 Å². The average Bonchev–Trinajstić information content (AvgIpc) is 2.33. The molecule has 17 heavy (non-hydrogen) atoms. The van der Waals surface area contributed by atoms with Crippen LogP contribution >= 0.6 is 0 Å². The molecule has 0 aromatic heterocycles. The standard InChI is InChI=1S/C15H23NO/c1-3-13-9-12(5-6-14(13)17-2)10-15(11-16)7-4-8-15/h5-6,9H,3-4,7-8,10-11,16H2,1-2H3. The Morgan fingerprint density at radius 2 is 2.12 bits per heavy atom. The molecule has 0 bridgehead atoms. The lowest BCUT2D eigenvalue weighted by Crippen LogP contribution is -2.39. The third kappa shape index (κ3) is 2.47. The first-order chi connectivity index (χ1) is 8.23. The third-order valence-corrected chi connectivity index (χ3v) is 4.15. The number of hydrogen-bond donors (Lipinski definition) is 1. The fourth-order valence-electron chi connectivity index (χ4n) is 2.78. The highest BCUT2D eigenvalue weighted by Crippen LogP contribution is 2.43. The van der Waals surface area contributed by atoms with E-state index < -0.39 is 0 Å². The van der Waals surface area contributed by atoms with E-state index >= 15 is 0 Å². The van der Waals surface area contributed by atoms with Crippen molar-refractivity contribution in [2.24, 2.45) is 11.1 Å². The molecule has 1 aromatic carbocycles. The predicted molar refractivity (Wildman–Crippen MR) is 71.4 cm³/mol. The minimum atomic E-state index is 0.388. The summed E-state index contributed by atoms with van der Waals surface area (Å²) in [6.45, 7) is 2.99. The van der Waals surface area contributed by atoms with Crippen molar-refractivity contribution >= 4 is 0 Å². The van der Waals surface area contributed by atoms with Gasteiger partial charge < -0.3 is 10.5 Å². The van der Waals surface area contributed by atoms with Crippen molar-refractivity contribution in [3.8, 4) is 5.75 Å². The minimum absolute atomic E-state index is 0.388. The van der Waals surface area contributed by atoms with Gasteiger partial charge in [0.05, 0.1) is 7.11 Å². The molecule has 2 N–H and O–H groups in total. The highest BCUT2D eigenvalue weighted by Gasteiger charge is 2.35. The van der Waals surface area contributed by atoms with Gasteiger partial charge in [0.15, 0.2) is 0 Å². The van der Waals surface area contributed by atoms with Crippen LogP contribution in [0.1, 0.15) is 37.3 Å². The molecule has 2 heteroatoms. The second-order valence-corrected chi connectivity index (χ2v) is 5.23. The molecule has 0 saturated heterocycles. The Morgan fingerprint density at radius 3 is 2.59 bits per heavy atom. The molecule has 1 fully saturated rings. The summed E-state index contributed by atoms with van der Waals surface area (Å²) in [5.74, 6) is 1.01. The average molecular weight is 233 g/mol. The maximum atomic E-state index is 5.92. The van der Waals surface area contributed by atoms with E-state index in [9.17, 15) is 0 Å². The number of aryl methyl sites for hydroxylation is 1. The quantitative estimate of drug-likeness (QED) is 0.848. The Bertz CT molecular complexity index is 377. The molecule has 1 aliphatic carbocycles. The number of rotatable bonds is 5. The topological polar surface area (TPSA) is 35.2 Å². The van der Waals surface area contributed by atoms with Crippen LogP contribution in [0.25, 0.3) is 0 Å². The molecule has 2 nitrogen and oxygen atoms in total. The third-order valence-electron chi connectivity index (χ3n) is 4.15. The largest absolute Gasteiger partial charge is 0.496 e. The SMILES string of the molecule is CCc1cc(CC2(CN)CCC2)ccc1OC. The van der Waals surface area contributed by atoms with Crippen LogP contribution in [-0.2, 0) is 12.8 Å². The molecular formula is C15H23NO. The maximum absolute atomic E-state index is 5.92. The van der Waals surface area contributed by atoms with Crippen molar-refractivity contribution in [1.29, 1.82) is 0 Å². The second kappa shape index (κ2) is 5.09. The van der Waals surface area contributed by atoms with Gasteiger partial charge in [-0.2, -0.15) is 0 Å². The molecule has 0 radical (unpaired) electrons. The van der Waals surface area contributed by atoms with Crippen molar-refractivity contribution in [1.82, 2.24) is 0 Å². The lowest BCUT2D eigenvalue weighted by atomic mass is 9.65. The predicted octanol–water partition coefficient (Wildman–Crippen LogP) is 2.93. The molecule has 0 atom stereocenters. The maximum Gasteiger partial charge on any atom is 0.122 e. The van der Waals surface area contributed by atoms with Crippen LogP contribution in [0.4, 0.5) is 0 Å². The molecule has 0 unspecified atom stereocenters. The summed E-state index contributed by atoms with van der Waals surface area (Å²) in [7, 11) is 1.74. The van der Waals surface area contributed by atoms with Crippen LogP contribution in [0.15, 0.2) is 18.2 Å². The van der Waals surface area contributed by atoms with Gasteiger partial charge in [0.2, 0.25) is 0 Å². The van der Waals surface area contributed by atoms with Gasteiger partial charge >= 0.3 is 0 Å². The van der Waals surface area contributed by atoms with Crippen molar-refractivity contribution in [3.63, 3.8) is 0 Å². The zero-order valence-electron chi connectivity index (χ0n) is 11.0. The Hall–Kier alpha value is -1.02. The first-order valence-electron chi connectivity index (χ1n) is 6.59. The monoisotopic (exact) mass is 233 g/mol. The number of benzene rings is 1. The van der Waals surface area contributed by atoms with Crippen molar-refractivity contribution in [2.45, 2.75) is 39.0 Å². The molecular weight excluding hydrogens is 210 g/mol. The van der Waals surface area contributed by atoms with Crippen molar-refractivity contribution < 1.29 is 4.74 Å². The summed E-state index contributed by atoms with van der Waals surface area (Å²) in [4.78, 5) is 0. The van der Waals surface area contributed by atoms with E-state index in [4.69, 9.17) is 10.5 Å². The summed E-state index contributed by atoms with van der Waals surface area (Å²) in [6, 6.07) is 6.57. The van der Waals surface area contributed by atoms with Crippen LogP contribution in [0.5, 0.6) is 5.75 Å². The fraction of sp³-hybridized carbons (Fsp3) is 0.600. The first-order valence-corrected chi connectivity index (χ1v) is 6.59. The zero-order chi connectivity index (χ0) is 12.3. The van der Waals surface area contributed by atoms with Gasteiger partial charge in [0, 0.05) is 0 Å². The highest BCUT2D eigenvalue weighted by atomic mass is 16.5. The van der Waals surface area contributed by atoms with E-state index in [-0.39, 0.29) is 0 Å². The molecule has 0 aliphatic heterocycles. The normalized spacial score (nSPS) is 17.6. The molecule has 0 amide bonds. The van der Waals surface area contributed by atoms with E-state index in [2.05, 4.69) is 25.1 Å². The van der Waals surface area contributed by atoms with Gasteiger partial charge in [0.25, 0.3) is 0 Å². The zero-order valence-corrected chi connectivity index (χ0v) is 11.0. The molecule has 0 spiro atoms. The number of hydrogen-bond acceptors (Lipinski definition) is 2. The van der Waals surface area contributed by atoms with Crippen molar-refractivity contribution in [2.75, 3.05) is 13.7 Å². The second-order valence-electron chi connectivity index (χ2n) is 5.23. The van der Waals surface area contributed by atoms with Crippen LogP contribution < -0.4 is 10.5 Å². The molecule has 1 aromatic rings. The van der Waals surface area contributed by atoms with Crippen LogP contribution in [0.2, 0.25) is 0 Å². The van der Waals surface area contributed by atoms with Gasteiger partial charge in [-0.05, 0) is 54.8 Å². The Kier molecular flexibility index (Phi) is 3.72. The van der Waals surface area contributed by atoms with Crippen LogP contribution in [-0.4, -0.2) is 13.7 Å². The summed E-state index contributed by atoms with van der Waals surface area (Å²) in [5.41, 5.74) is 9.02. The van der Waals surface area contributed by atoms with E-state index in [1.54, 1.807) is 7.11 Å². The molecule has 1 aliphatic rings. The first kappa shape index (κ1) is 12.4. The van der Waals surface area contributed by atoms with Gasteiger partial charge in [0.1, 0.15) is 5.75 Å². The Balaban J connectivity index is 2.16. The summed E-state index contributed by atoms with van der Waals surface area (Å²) >= 11 is 0. The number of methoxy groups -OCH3 is 1. The summed E-state index contributed by atoms with van der Waals surface area (Å²) < 4.78 is 5.36. The van der Waals surface area contributed by atoms with Gasteiger partial charge in [-0.1, -0.05) is 25.5 Å². The summed E-state index contributed by atoms with van der Waals surface area (Å²) in [6.07, 6.45) is 6.06. The van der Waals surface area contributed by atoms with E-state index in [1.807, 2.05) is 0 Å².